The Morgan fingerprint density at radius 3 is 2.30 bits per heavy atom. The molecule has 2 aliphatic heterocycles. The van der Waals surface area contributed by atoms with Crippen LogP contribution in [-0.2, 0) is 16.0 Å². The van der Waals surface area contributed by atoms with Gasteiger partial charge in [-0.05, 0) is 74.5 Å². The number of carbonyl (C=O) groups is 2. The summed E-state index contributed by atoms with van der Waals surface area (Å²) in [7, 11) is 3.25. The second-order valence-corrected chi connectivity index (χ2v) is 9.84. The Morgan fingerprint density at radius 2 is 1.62 bits per heavy atom. The number of hydrogen-bond donors (Lipinski definition) is 1. The fraction of sp³-hybridized carbons (Fsp3) is 0.467. The smallest absolute Gasteiger partial charge is 0.246 e. The van der Waals surface area contributed by atoms with Crippen LogP contribution in [0.1, 0.15) is 36.8 Å². The summed E-state index contributed by atoms with van der Waals surface area (Å²) in [5.74, 6) is 1.74. The first kappa shape index (κ1) is 26.7. The van der Waals surface area contributed by atoms with Gasteiger partial charge in [-0.3, -0.25) is 9.59 Å². The van der Waals surface area contributed by atoms with E-state index in [1.165, 1.54) is 0 Å². The second kappa shape index (κ2) is 13.3. The maximum Gasteiger partial charge on any atom is 0.246 e. The van der Waals surface area contributed by atoms with Crippen LogP contribution in [-0.4, -0.2) is 74.6 Å². The zero-order chi connectivity index (χ0) is 26.0. The highest BCUT2D eigenvalue weighted by Crippen LogP contribution is 2.28. The van der Waals surface area contributed by atoms with Crippen molar-refractivity contribution in [3.63, 3.8) is 0 Å². The molecule has 0 aliphatic carbocycles. The summed E-state index contributed by atoms with van der Waals surface area (Å²) in [5.41, 5.74) is 2.15. The monoisotopic (exact) mass is 505 g/mol. The highest BCUT2D eigenvalue weighted by atomic mass is 16.5. The molecule has 2 amide bonds. The zero-order valence-corrected chi connectivity index (χ0v) is 22.0. The first-order chi connectivity index (χ1) is 18.1. The van der Waals surface area contributed by atoms with Crippen LogP contribution in [0.25, 0.3) is 6.08 Å². The van der Waals surface area contributed by atoms with Crippen LogP contribution in [0.5, 0.6) is 11.5 Å². The van der Waals surface area contributed by atoms with Crippen LogP contribution in [0.15, 0.2) is 54.6 Å². The average Bonchev–Trinajstić information content (AvgIpc) is 2.96. The van der Waals surface area contributed by atoms with E-state index in [-0.39, 0.29) is 17.7 Å². The van der Waals surface area contributed by atoms with E-state index in [1.807, 2.05) is 59.5 Å². The minimum absolute atomic E-state index is 0.0754. The number of methoxy groups -OCH3 is 2. The maximum absolute atomic E-state index is 12.8. The van der Waals surface area contributed by atoms with Gasteiger partial charge in [-0.2, -0.15) is 0 Å². The molecule has 0 unspecified atom stereocenters. The molecular formula is C30H39N3O4. The minimum Gasteiger partial charge on any atom is -0.493 e. The molecule has 2 heterocycles. The maximum atomic E-state index is 12.8. The quantitative estimate of drug-likeness (QED) is 0.526. The number of hydrogen-bond acceptors (Lipinski definition) is 5. The summed E-state index contributed by atoms with van der Waals surface area (Å²) in [6.07, 6.45) is 8.09. The molecule has 198 valence electrons. The SMILES string of the molecule is COc1ccc(CCNC(=O)C2CCN(C3CCN(C(=O)/C=C/c4ccccc4)CC3)CC2)cc1OC. The van der Waals surface area contributed by atoms with E-state index in [2.05, 4.69) is 10.2 Å². The molecule has 2 aromatic rings. The Morgan fingerprint density at radius 1 is 0.919 bits per heavy atom. The highest BCUT2D eigenvalue weighted by molar-refractivity contribution is 5.91. The van der Waals surface area contributed by atoms with Crippen molar-refractivity contribution in [2.45, 2.75) is 38.1 Å². The Labute approximate surface area is 220 Å². The minimum atomic E-state index is 0.0754. The van der Waals surface area contributed by atoms with Crippen LogP contribution in [0, 0.1) is 5.92 Å². The zero-order valence-electron chi connectivity index (χ0n) is 22.0. The lowest BCUT2D eigenvalue weighted by Crippen LogP contribution is -2.50. The molecule has 0 saturated carbocycles. The summed E-state index contributed by atoms with van der Waals surface area (Å²) in [4.78, 5) is 29.8. The number of piperidine rings is 2. The number of nitrogens with zero attached hydrogens (tertiary/aromatic N) is 2. The van der Waals surface area contributed by atoms with E-state index in [0.717, 1.165) is 69.4 Å². The summed E-state index contributed by atoms with van der Waals surface area (Å²) in [5, 5.41) is 3.12. The van der Waals surface area contributed by atoms with Gasteiger partial charge in [0.1, 0.15) is 0 Å². The molecule has 2 aromatic carbocycles. The summed E-state index contributed by atoms with van der Waals surface area (Å²) in [6.45, 7) is 4.08. The second-order valence-electron chi connectivity index (χ2n) is 9.84. The Balaban J connectivity index is 1.15. The molecule has 37 heavy (non-hydrogen) atoms. The molecule has 2 fully saturated rings. The van der Waals surface area contributed by atoms with Crippen molar-refractivity contribution < 1.29 is 19.1 Å². The molecule has 1 N–H and O–H groups in total. The first-order valence-electron chi connectivity index (χ1n) is 13.3. The fourth-order valence-electron chi connectivity index (χ4n) is 5.33. The average molecular weight is 506 g/mol. The lowest BCUT2D eigenvalue weighted by atomic mass is 9.92. The van der Waals surface area contributed by atoms with Gasteiger partial charge in [0.05, 0.1) is 14.2 Å². The molecule has 0 aromatic heterocycles. The van der Waals surface area contributed by atoms with Crippen LogP contribution >= 0.6 is 0 Å². The van der Waals surface area contributed by atoms with Crippen LogP contribution in [0.2, 0.25) is 0 Å². The molecule has 2 aliphatic rings. The number of carbonyl (C=O) groups excluding carboxylic acids is 2. The molecule has 0 atom stereocenters. The topological polar surface area (TPSA) is 71.1 Å². The van der Waals surface area contributed by atoms with Gasteiger partial charge >= 0.3 is 0 Å². The van der Waals surface area contributed by atoms with Crippen molar-refractivity contribution >= 4 is 17.9 Å². The summed E-state index contributed by atoms with van der Waals surface area (Å²) < 4.78 is 10.7. The Hall–Kier alpha value is -3.32. The first-order valence-corrected chi connectivity index (χ1v) is 13.3. The van der Waals surface area contributed by atoms with Gasteiger partial charge in [0.25, 0.3) is 0 Å². The summed E-state index contributed by atoms with van der Waals surface area (Å²) >= 11 is 0. The van der Waals surface area contributed by atoms with Gasteiger partial charge in [-0.25, -0.2) is 0 Å². The van der Waals surface area contributed by atoms with Gasteiger partial charge in [-0.1, -0.05) is 36.4 Å². The molecule has 0 radical (unpaired) electrons. The largest absolute Gasteiger partial charge is 0.493 e. The number of ether oxygens (including phenoxy) is 2. The van der Waals surface area contributed by atoms with Crippen molar-refractivity contribution in [2.24, 2.45) is 5.92 Å². The van der Waals surface area contributed by atoms with Gasteiger partial charge in [0, 0.05) is 37.7 Å². The standard InChI is InChI=1S/C30H39N3O4/c1-36-27-10-8-24(22-28(27)37-2)12-17-31-30(35)25-13-18-32(19-14-25)26-15-20-33(21-16-26)29(34)11-9-23-6-4-3-5-7-23/h3-11,22,25-26H,12-21H2,1-2H3,(H,31,35)/b11-9+. The number of likely N-dealkylation sites (tertiary alicyclic amines) is 2. The fourth-order valence-corrected chi connectivity index (χ4v) is 5.33. The number of benzene rings is 2. The van der Waals surface area contributed by atoms with Gasteiger partial charge in [0.15, 0.2) is 11.5 Å². The van der Waals surface area contributed by atoms with E-state index >= 15 is 0 Å². The Bertz CT molecular complexity index is 1060. The highest BCUT2D eigenvalue weighted by Gasteiger charge is 2.31. The van der Waals surface area contributed by atoms with Crippen molar-refractivity contribution in [3.8, 4) is 11.5 Å². The molecule has 0 bridgehead atoms. The van der Waals surface area contributed by atoms with E-state index in [4.69, 9.17) is 9.47 Å². The number of rotatable bonds is 9. The molecular weight excluding hydrogens is 466 g/mol. The van der Waals surface area contributed by atoms with Crippen molar-refractivity contribution in [1.29, 1.82) is 0 Å². The predicted molar refractivity (Wildman–Crippen MR) is 146 cm³/mol. The lowest BCUT2D eigenvalue weighted by molar-refractivity contribution is -0.129. The third kappa shape index (κ3) is 7.35. The van der Waals surface area contributed by atoms with Gasteiger partial charge in [-0.15, -0.1) is 0 Å². The predicted octanol–water partition coefficient (Wildman–Crippen LogP) is 3.78. The van der Waals surface area contributed by atoms with E-state index in [9.17, 15) is 9.59 Å². The molecule has 4 rings (SSSR count). The van der Waals surface area contributed by atoms with E-state index in [0.29, 0.717) is 24.1 Å². The molecule has 0 spiro atoms. The third-order valence-corrected chi connectivity index (χ3v) is 7.57. The summed E-state index contributed by atoms with van der Waals surface area (Å²) in [6, 6.07) is 16.3. The van der Waals surface area contributed by atoms with Crippen molar-refractivity contribution in [2.75, 3.05) is 46.9 Å². The van der Waals surface area contributed by atoms with Crippen LogP contribution in [0.4, 0.5) is 0 Å². The van der Waals surface area contributed by atoms with E-state index < -0.39 is 0 Å². The molecule has 7 heteroatoms. The lowest BCUT2D eigenvalue weighted by Gasteiger charge is -2.41. The molecule has 2 saturated heterocycles. The normalized spacial score (nSPS) is 17.6. The number of amides is 2. The van der Waals surface area contributed by atoms with Crippen LogP contribution < -0.4 is 14.8 Å². The van der Waals surface area contributed by atoms with E-state index in [1.54, 1.807) is 20.3 Å². The molecule has 7 nitrogen and oxygen atoms in total. The van der Waals surface area contributed by atoms with Gasteiger partial charge in [0.2, 0.25) is 11.8 Å². The van der Waals surface area contributed by atoms with Crippen molar-refractivity contribution in [3.05, 3.63) is 65.7 Å². The van der Waals surface area contributed by atoms with Crippen LogP contribution in [0.3, 0.4) is 0 Å². The van der Waals surface area contributed by atoms with Crippen molar-refractivity contribution in [1.82, 2.24) is 15.1 Å². The third-order valence-electron chi connectivity index (χ3n) is 7.57. The Kier molecular flexibility index (Phi) is 9.60. The number of nitrogens with one attached hydrogen (secondary N) is 1. The van der Waals surface area contributed by atoms with Gasteiger partial charge < -0.3 is 24.6 Å².